The van der Waals surface area contributed by atoms with E-state index in [-0.39, 0.29) is 0 Å². The first-order valence-corrected chi connectivity index (χ1v) is 7.69. The van der Waals surface area contributed by atoms with E-state index in [1.54, 1.807) is 0 Å². The Morgan fingerprint density at radius 3 is 2.79 bits per heavy atom. The fraction of sp³-hybridized carbons (Fsp3) is 0.500. The Kier molecular flexibility index (Phi) is 6.75. The van der Waals surface area contributed by atoms with Crippen molar-refractivity contribution in [2.45, 2.75) is 26.3 Å². The maximum absolute atomic E-state index is 5.73. The maximum atomic E-state index is 5.73. The average molecular weight is 344 g/mol. The third-order valence-electron chi connectivity index (χ3n) is 3.37. The highest BCUT2D eigenvalue weighted by Crippen LogP contribution is 2.21. The molecule has 0 aliphatic heterocycles. The first kappa shape index (κ1) is 16.4. The molecule has 0 radical (unpaired) electrons. The van der Waals surface area contributed by atoms with Gasteiger partial charge in [-0.25, -0.2) is 0 Å². The molecule has 1 atom stereocenters. The number of thiocarbonyl (C=S) groups is 1. The Hall–Kier alpha value is -0.650. The van der Waals surface area contributed by atoms with Crippen LogP contribution in [0.25, 0.3) is 0 Å². The van der Waals surface area contributed by atoms with Gasteiger partial charge in [-0.1, -0.05) is 35.1 Å². The zero-order chi connectivity index (χ0) is 14.4. The van der Waals surface area contributed by atoms with Crippen LogP contribution in [-0.2, 0) is 0 Å². The summed E-state index contributed by atoms with van der Waals surface area (Å²) in [6.07, 6.45) is 1.16. The standard InChI is InChI=1S/C14H22BrN3S/c1-4-10(2)18(3)8-7-17-13-9-11(15)5-6-12(13)14(16)19/h5-6,9-10,17H,4,7-8H2,1-3H3,(H2,16,19). The summed E-state index contributed by atoms with van der Waals surface area (Å²) in [5.74, 6) is 0. The van der Waals surface area contributed by atoms with Crippen molar-refractivity contribution in [2.24, 2.45) is 5.73 Å². The summed E-state index contributed by atoms with van der Waals surface area (Å²) in [4.78, 5) is 2.76. The molecular weight excluding hydrogens is 322 g/mol. The molecule has 0 saturated heterocycles. The molecule has 1 aromatic carbocycles. The van der Waals surface area contributed by atoms with Gasteiger partial charge in [-0.3, -0.25) is 0 Å². The van der Waals surface area contributed by atoms with E-state index in [4.69, 9.17) is 18.0 Å². The smallest absolute Gasteiger partial charge is 0.106 e. The number of anilines is 1. The molecule has 0 amide bonds. The third-order valence-corrected chi connectivity index (χ3v) is 4.08. The van der Waals surface area contributed by atoms with Crippen LogP contribution in [0.15, 0.2) is 22.7 Å². The molecule has 0 saturated carbocycles. The maximum Gasteiger partial charge on any atom is 0.106 e. The lowest BCUT2D eigenvalue weighted by Crippen LogP contribution is -2.33. The molecule has 0 bridgehead atoms. The summed E-state index contributed by atoms with van der Waals surface area (Å²) in [5, 5.41) is 3.41. The van der Waals surface area contributed by atoms with Crippen molar-refractivity contribution in [1.29, 1.82) is 0 Å². The van der Waals surface area contributed by atoms with Gasteiger partial charge in [0, 0.05) is 34.9 Å². The van der Waals surface area contributed by atoms with Gasteiger partial charge in [0.25, 0.3) is 0 Å². The minimum atomic E-state index is 0.422. The van der Waals surface area contributed by atoms with E-state index < -0.39 is 0 Å². The number of hydrogen-bond donors (Lipinski definition) is 2. The van der Waals surface area contributed by atoms with Gasteiger partial charge >= 0.3 is 0 Å². The molecule has 1 aromatic rings. The number of likely N-dealkylation sites (N-methyl/N-ethyl adjacent to an activating group) is 1. The quantitative estimate of drug-likeness (QED) is 0.746. The number of rotatable bonds is 7. The Morgan fingerprint density at radius 2 is 2.21 bits per heavy atom. The minimum Gasteiger partial charge on any atom is -0.389 e. The summed E-state index contributed by atoms with van der Waals surface area (Å²) < 4.78 is 1.02. The highest BCUT2D eigenvalue weighted by Gasteiger charge is 2.08. The van der Waals surface area contributed by atoms with Crippen molar-refractivity contribution in [3.8, 4) is 0 Å². The van der Waals surface area contributed by atoms with Gasteiger partial charge in [0.15, 0.2) is 0 Å². The SMILES string of the molecule is CCC(C)N(C)CCNc1cc(Br)ccc1C(N)=S. The van der Waals surface area contributed by atoms with Crippen molar-refractivity contribution in [3.63, 3.8) is 0 Å². The van der Waals surface area contributed by atoms with E-state index in [2.05, 4.69) is 47.0 Å². The van der Waals surface area contributed by atoms with Crippen LogP contribution < -0.4 is 11.1 Å². The summed E-state index contributed by atoms with van der Waals surface area (Å²) in [6, 6.07) is 6.50. The Bertz CT molecular complexity index is 437. The van der Waals surface area contributed by atoms with Gasteiger partial charge in [-0.2, -0.15) is 0 Å². The van der Waals surface area contributed by atoms with Crippen molar-refractivity contribution < 1.29 is 0 Å². The molecule has 0 aliphatic rings. The highest BCUT2D eigenvalue weighted by molar-refractivity contribution is 9.10. The van der Waals surface area contributed by atoms with Crippen LogP contribution in [-0.4, -0.2) is 36.1 Å². The molecule has 3 N–H and O–H groups in total. The van der Waals surface area contributed by atoms with Crippen molar-refractivity contribution >= 4 is 38.8 Å². The lowest BCUT2D eigenvalue weighted by atomic mass is 10.1. The molecule has 19 heavy (non-hydrogen) atoms. The first-order chi connectivity index (χ1) is 8.95. The lowest BCUT2D eigenvalue weighted by Gasteiger charge is -2.24. The van der Waals surface area contributed by atoms with Crippen molar-refractivity contribution in [2.75, 3.05) is 25.5 Å². The Labute approximate surface area is 129 Å². The summed E-state index contributed by atoms with van der Waals surface area (Å²) in [5.41, 5.74) is 7.61. The summed E-state index contributed by atoms with van der Waals surface area (Å²) in [7, 11) is 2.14. The molecule has 1 unspecified atom stereocenters. The fourth-order valence-electron chi connectivity index (χ4n) is 1.78. The predicted molar refractivity (Wildman–Crippen MR) is 90.9 cm³/mol. The summed E-state index contributed by atoms with van der Waals surface area (Å²) in [6.45, 7) is 6.29. The van der Waals surface area contributed by atoms with Gasteiger partial charge in [0.2, 0.25) is 0 Å². The predicted octanol–water partition coefficient (Wildman–Crippen LogP) is 3.23. The fourth-order valence-corrected chi connectivity index (χ4v) is 2.32. The number of nitrogens with one attached hydrogen (secondary N) is 1. The van der Waals surface area contributed by atoms with Crippen LogP contribution in [0, 0.1) is 0 Å². The van der Waals surface area contributed by atoms with Gasteiger partial charge < -0.3 is 16.0 Å². The number of nitrogens with two attached hydrogens (primary N) is 1. The van der Waals surface area contributed by atoms with Crippen LogP contribution in [0.4, 0.5) is 5.69 Å². The first-order valence-electron chi connectivity index (χ1n) is 6.49. The zero-order valence-corrected chi connectivity index (χ0v) is 14.1. The molecule has 0 heterocycles. The second kappa shape index (κ2) is 7.82. The lowest BCUT2D eigenvalue weighted by molar-refractivity contribution is 0.261. The van der Waals surface area contributed by atoms with Crippen LogP contribution in [0.1, 0.15) is 25.8 Å². The number of benzene rings is 1. The second-order valence-corrected chi connectivity index (χ2v) is 6.07. The molecule has 106 valence electrons. The Balaban J connectivity index is 2.62. The second-order valence-electron chi connectivity index (χ2n) is 4.72. The molecule has 0 aliphatic carbocycles. The molecule has 5 heteroatoms. The molecule has 0 aromatic heterocycles. The van der Waals surface area contributed by atoms with E-state index in [0.29, 0.717) is 11.0 Å². The monoisotopic (exact) mass is 343 g/mol. The Morgan fingerprint density at radius 1 is 1.53 bits per heavy atom. The number of hydrogen-bond acceptors (Lipinski definition) is 3. The van der Waals surface area contributed by atoms with Crippen LogP contribution in [0.2, 0.25) is 0 Å². The van der Waals surface area contributed by atoms with Crippen LogP contribution in [0.3, 0.4) is 0 Å². The normalized spacial score (nSPS) is 12.5. The van der Waals surface area contributed by atoms with Gasteiger partial charge in [-0.15, -0.1) is 0 Å². The van der Waals surface area contributed by atoms with Crippen molar-refractivity contribution in [3.05, 3.63) is 28.2 Å². The van der Waals surface area contributed by atoms with E-state index in [1.165, 1.54) is 0 Å². The summed E-state index contributed by atoms with van der Waals surface area (Å²) >= 11 is 8.53. The van der Waals surface area contributed by atoms with E-state index in [9.17, 15) is 0 Å². The highest BCUT2D eigenvalue weighted by atomic mass is 79.9. The topological polar surface area (TPSA) is 41.3 Å². The van der Waals surface area contributed by atoms with E-state index in [1.807, 2.05) is 18.2 Å². The molecule has 3 nitrogen and oxygen atoms in total. The molecule has 1 rings (SSSR count). The van der Waals surface area contributed by atoms with Gasteiger partial charge in [0.05, 0.1) is 0 Å². The van der Waals surface area contributed by atoms with Crippen molar-refractivity contribution in [1.82, 2.24) is 4.90 Å². The molecule has 0 spiro atoms. The van der Waals surface area contributed by atoms with Gasteiger partial charge in [0.1, 0.15) is 4.99 Å². The number of halogens is 1. The molecule has 0 fully saturated rings. The third kappa shape index (κ3) is 5.09. The number of nitrogens with zero attached hydrogens (tertiary/aromatic N) is 1. The average Bonchev–Trinajstić information content (AvgIpc) is 2.37. The van der Waals surface area contributed by atoms with E-state index in [0.717, 1.165) is 35.2 Å². The zero-order valence-electron chi connectivity index (χ0n) is 11.7. The largest absolute Gasteiger partial charge is 0.389 e. The van der Waals surface area contributed by atoms with E-state index >= 15 is 0 Å². The molecular formula is C14H22BrN3S. The van der Waals surface area contributed by atoms with Crippen LogP contribution in [0.5, 0.6) is 0 Å². The van der Waals surface area contributed by atoms with Gasteiger partial charge in [-0.05, 0) is 38.6 Å². The minimum absolute atomic E-state index is 0.422. The van der Waals surface area contributed by atoms with Crippen LogP contribution >= 0.6 is 28.1 Å².